The summed E-state index contributed by atoms with van der Waals surface area (Å²) in [6, 6.07) is 18.6. The van der Waals surface area contributed by atoms with Crippen molar-refractivity contribution in [2.75, 3.05) is 11.4 Å². The molecule has 0 unspecified atom stereocenters. The van der Waals surface area contributed by atoms with Crippen LogP contribution in [0, 0.1) is 0 Å². The molecule has 0 bridgehead atoms. The van der Waals surface area contributed by atoms with Crippen LogP contribution in [0.25, 0.3) is 0 Å². The van der Waals surface area contributed by atoms with Gasteiger partial charge < -0.3 is 9.64 Å². The molecule has 1 aliphatic rings. The van der Waals surface area contributed by atoms with Gasteiger partial charge in [-0.1, -0.05) is 41.9 Å². The standard InChI is InChI=1S/C21H17ClN2O2/c22-17-10-2-4-12-19(17)26-20-16(9-5-13-23-20)21(25)24-14-6-8-15-7-1-3-11-18(15)24/h1-5,7,9-13H,6,8,14H2. The van der Waals surface area contributed by atoms with Gasteiger partial charge in [-0.2, -0.15) is 0 Å². The number of anilines is 1. The highest BCUT2D eigenvalue weighted by molar-refractivity contribution is 6.32. The van der Waals surface area contributed by atoms with E-state index in [0.717, 1.165) is 18.5 Å². The average molecular weight is 365 g/mol. The van der Waals surface area contributed by atoms with Crippen LogP contribution in [0.3, 0.4) is 0 Å². The average Bonchev–Trinajstić information content (AvgIpc) is 2.69. The van der Waals surface area contributed by atoms with Crippen molar-refractivity contribution in [3.8, 4) is 11.6 Å². The van der Waals surface area contributed by atoms with E-state index in [-0.39, 0.29) is 11.8 Å². The number of aromatic nitrogens is 1. The molecule has 2 aromatic carbocycles. The van der Waals surface area contributed by atoms with E-state index in [4.69, 9.17) is 16.3 Å². The first kappa shape index (κ1) is 16.6. The number of benzene rings is 2. The SMILES string of the molecule is O=C(c1cccnc1Oc1ccccc1Cl)N1CCCc2ccccc21. The smallest absolute Gasteiger partial charge is 0.263 e. The number of rotatable bonds is 3. The summed E-state index contributed by atoms with van der Waals surface area (Å²) in [5.74, 6) is 0.613. The Morgan fingerprint density at radius 2 is 1.85 bits per heavy atom. The summed E-state index contributed by atoms with van der Waals surface area (Å²) in [5.41, 5.74) is 2.56. The molecule has 0 atom stereocenters. The van der Waals surface area contributed by atoms with Crippen LogP contribution in [0.15, 0.2) is 66.9 Å². The van der Waals surface area contributed by atoms with Crippen molar-refractivity contribution in [2.45, 2.75) is 12.8 Å². The van der Waals surface area contributed by atoms with Gasteiger partial charge >= 0.3 is 0 Å². The fourth-order valence-corrected chi connectivity index (χ4v) is 3.33. The van der Waals surface area contributed by atoms with Crippen molar-refractivity contribution in [3.63, 3.8) is 0 Å². The molecule has 0 aliphatic carbocycles. The van der Waals surface area contributed by atoms with Crippen LogP contribution >= 0.6 is 11.6 Å². The predicted molar refractivity (Wildman–Crippen MR) is 102 cm³/mol. The molecular weight excluding hydrogens is 348 g/mol. The minimum Gasteiger partial charge on any atom is -0.437 e. The lowest BCUT2D eigenvalue weighted by Gasteiger charge is -2.29. The number of aryl methyl sites for hydroxylation is 1. The fourth-order valence-electron chi connectivity index (χ4n) is 3.16. The molecule has 5 heteroatoms. The van der Waals surface area contributed by atoms with E-state index in [2.05, 4.69) is 11.1 Å². The first-order valence-electron chi connectivity index (χ1n) is 8.51. The lowest BCUT2D eigenvalue weighted by molar-refractivity contribution is 0.0982. The fraction of sp³-hybridized carbons (Fsp3) is 0.143. The molecule has 1 aromatic heterocycles. The predicted octanol–water partition coefficient (Wildman–Crippen LogP) is 5.12. The van der Waals surface area contributed by atoms with E-state index in [1.54, 1.807) is 35.4 Å². The third-order valence-electron chi connectivity index (χ3n) is 4.40. The van der Waals surface area contributed by atoms with Crippen molar-refractivity contribution in [3.05, 3.63) is 83.0 Å². The number of ether oxygens (including phenoxy) is 1. The largest absolute Gasteiger partial charge is 0.437 e. The minimum atomic E-state index is -0.118. The van der Waals surface area contributed by atoms with Gasteiger partial charge in [0.2, 0.25) is 5.88 Å². The molecule has 0 radical (unpaired) electrons. The molecule has 0 saturated carbocycles. The number of hydrogen-bond acceptors (Lipinski definition) is 3. The highest BCUT2D eigenvalue weighted by atomic mass is 35.5. The van der Waals surface area contributed by atoms with Crippen LogP contribution in [0.5, 0.6) is 11.6 Å². The van der Waals surface area contributed by atoms with Crippen LogP contribution in [0.4, 0.5) is 5.69 Å². The quantitative estimate of drug-likeness (QED) is 0.647. The normalized spacial score (nSPS) is 13.2. The highest BCUT2D eigenvalue weighted by Crippen LogP contribution is 2.32. The molecule has 0 fully saturated rings. The van der Waals surface area contributed by atoms with Crippen molar-refractivity contribution < 1.29 is 9.53 Å². The Hall–Kier alpha value is -2.85. The van der Waals surface area contributed by atoms with Crippen molar-refractivity contribution >= 4 is 23.2 Å². The van der Waals surface area contributed by atoms with Gasteiger partial charge in [0.25, 0.3) is 5.91 Å². The van der Waals surface area contributed by atoms with Crippen LogP contribution < -0.4 is 9.64 Å². The zero-order valence-corrected chi connectivity index (χ0v) is 14.8. The summed E-state index contributed by atoms with van der Waals surface area (Å²) < 4.78 is 5.85. The topological polar surface area (TPSA) is 42.4 Å². The van der Waals surface area contributed by atoms with Crippen molar-refractivity contribution in [2.24, 2.45) is 0 Å². The Balaban J connectivity index is 1.69. The van der Waals surface area contributed by atoms with Gasteiger partial charge in [0, 0.05) is 18.4 Å². The molecule has 1 amide bonds. The van der Waals surface area contributed by atoms with Gasteiger partial charge in [-0.3, -0.25) is 4.79 Å². The number of fused-ring (bicyclic) bond motifs is 1. The molecule has 0 N–H and O–H groups in total. The Kier molecular flexibility index (Phi) is 4.59. The van der Waals surface area contributed by atoms with E-state index in [0.29, 0.717) is 22.9 Å². The first-order chi connectivity index (χ1) is 12.7. The zero-order valence-electron chi connectivity index (χ0n) is 14.1. The van der Waals surface area contributed by atoms with Gasteiger partial charge in [-0.25, -0.2) is 4.98 Å². The molecule has 2 heterocycles. The lowest BCUT2D eigenvalue weighted by atomic mass is 10.0. The summed E-state index contributed by atoms with van der Waals surface area (Å²) >= 11 is 6.17. The Bertz CT molecular complexity index is 958. The van der Waals surface area contributed by atoms with E-state index in [1.165, 1.54) is 5.56 Å². The van der Waals surface area contributed by atoms with E-state index >= 15 is 0 Å². The minimum absolute atomic E-state index is 0.118. The second-order valence-electron chi connectivity index (χ2n) is 6.08. The Labute approximate surface area is 157 Å². The summed E-state index contributed by atoms with van der Waals surface area (Å²) in [6.45, 7) is 0.677. The van der Waals surface area contributed by atoms with E-state index < -0.39 is 0 Å². The van der Waals surface area contributed by atoms with E-state index in [9.17, 15) is 4.79 Å². The molecular formula is C21H17ClN2O2. The third-order valence-corrected chi connectivity index (χ3v) is 4.71. The number of carbonyl (C=O) groups is 1. The van der Waals surface area contributed by atoms with Crippen LogP contribution in [-0.2, 0) is 6.42 Å². The van der Waals surface area contributed by atoms with Crippen LogP contribution in [-0.4, -0.2) is 17.4 Å². The maximum absolute atomic E-state index is 13.2. The van der Waals surface area contributed by atoms with Gasteiger partial charge in [0.1, 0.15) is 11.3 Å². The number of nitrogens with zero attached hydrogens (tertiary/aromatic N) is 2. The molecule has 1 aliphatic heterocycles. The maximum Gasteiger partial charge on any atom is 0.263 e. The van der Waals surface area contributed by atoms with E-state index in [1.807, 2.05) is 30.3 Å². The van der Waals surface area contributed by atoms with Gasteiger partial charge in [0.15, 0.2) is 0 Å². The summed E-state index contributed by atoms with van der Waals surface area (Å²) in [4.78, 5) is 19.3. The summed E-state index contributed by atoms with van der Waals surface area (Å²) in [6.07, 6.45) is 3.52. The number of pyridine rings is 1. The van der Waals surface area contributed by atoms with Gasteiger partial charge in [-0.15, -0.1) is 0 Å². The number of para-hydroxylation sites is 2. The number of halogens is 1. The Morgan fingerprint density at radius 1 is 1.04 bits per heavy atom. The number of amides is 1. The summed E-state index contributed by atoms with van der Waals surface area (Å²) in [5, 5.41) is 0.472. The summed E-state index contributed by atoms with van der Waals surface area (Å²) in [7, 11) is 0. The molecule has 4 rings (SSSR count). The highest BCUT2D eigenvalue weighted by Gasteiger charge is 2.26. The van der Waals surface area contributed by atoms with Crippen molar-refractivity contribution in [1.29, 1.82) is 0 Å². The second-order valence-corrected chi connectivity index (χ2v) is 6.48. The first-order valence-corrected chi connectivity index (χ1v) is 8.89. The third kappa shape index (κ3) is 3.16. The van der Waals surface area contributed by atoms with Gasteiger partial charge in [0.05, 0.1) is 5.02 Å². The molecule has 3 aromatic rings. The molecule has 0 saturated heterocycles. The number of carbonyl (C=O) groups excluding carboxylic acids is 1. The second kappa shape index (κ2) is 7.18. The lowest BCUT2D eigenvalue weighted by Crippen LogP contribution is -2.35. The van der Waals surface area contributed by atoms with Gasteiger partial charge in [-0.05, 0) is 48.7 Å². The Morgan fingerprint density at radius 3 is 2.73 bits per heavy atom. The van der Waals surface area contributed by atoms with Crippen LogP contribution in [0.1, 0.15) is 22.3 Å². The van der Waals surface area contributed by atoms with Crippen LogP contribution in [0.2, 0.25) is 5.02 Å². The molecule has 130 valence electrons. The molecule has 0 spiro atoms. The molecule has 4 nitrogen and oxygen atoms in total. The number of hydrogen-bond donors (Lipinski definition) is 0. The maximum atomic E-state index is 13.2. The zero-order chi connectivity index (χ0) is 17.9. The monoisotopic (exact) mass is 364 g/mol. The molecule has 26 heavy (non-hydrogen) atoms. The van der Waals surface area contributed by atoms with Crippen molar-refractivity contribution in [1.82, 2.24) is 4.98 Å².